The van der Waals surface area contributed by atoms with Gasteiger partial charge in [-0.3, -0.25) is 4.98 Å². The molecule has 1 saturated heterocycles. The zero-order chi connectivity index (χ0) is 16.2. The van der Waals surface area contributed by atoms with Crippen LogP contribution >= 0.6 is 0 Å². The predicted octanol–water partition coefficient (Wildman–Crippen LogP) is 1.99. The van der Waals surface area contributed by atoms with E-state index in [1.807, 2.05) is 46.2 Å². The maximum absolute atomic E-state index is 10.5. The van der Waals surface area contributed by atoms with Crippen LogP contribution in [-0.2, 0) is 0 Å². The third kappa shape index (κ3) is 4.09. The van der Waals surface area contributed by atoms with Crippen LogP contribution in [0.2, 0.25) is 0 Å². The summed E-state index contributed by atoms with van der Waals surface area (Å²) >= 11 is 0. The number of aliphatic hydroxyl groups is 1. The van der Waals surface area contributed by atoms with E-state index >= 15 is 0 Å². The third-order valence-corrected chi connectivity index (χ3v) is 4.93. The summed E-state index contributed by atoms with van der Waals surface area (Å²) in [7, 11) is 0. The van der Waals surface area contributed by atoms with Crippen molar-refractivity contribution in [3.05, 3.63) is 30.1 Å². The van der Waals surface area contributed by atoms with Crippen LogP contribution in [0.3, 0.4) is 0 Å². The molecular weight excluding hydrogens is 272 g/mol. The van der Waals surface area contributed by atoms with Crippen molar-refractivity contribution in [2.45, 2.75) is 58.6 Å². The SMILES string of the molecule is CC(C)(C)[C@](C)(O)C#CC[NH+]1CCCC[C@@H]1c1cccnc1. The van der Waals surface area contributed by atoms with Gasteiger partial charge in [0.25, 0.3) is 0 Å². The molecule has 3 nitrogen and oxygen atoms in total. The summed E-state index contributed by atoms with van der Waals surface area (Å²) in [6.07, 6.45) is 7.53. The topological polar surface area (TPSA) is 37.6 Å². The molecule has 1 aliphatic heterocycles. The van der Waals surface area contributed by atoms with Crippen LogP contribution in [0.15, 0.2) is 24.5 Å². The Labute approximate surface area is 134 Å². The summed E-state index contributed by atoms with van der Waals surface area (Å²) < 4.78 is 0. The molecule has 0 radical (unpaired) electrons. The van der Waals surface area contributed by atoms with Crippen molar-refractivity contribution in [2.24, 2.45) is 5.41 Å². The van der Waals surface area contributed by atoms with Crippen LogP contribution in [0.4, 0.5) is 0 Å². The van der Waals surface area contributed by atoms with E-state index < -0.39 is 5.60 Å². The van der Waals surface area contributed by atoms with Gasteiger partial charge in [-0.05, 0) is 31.8 Å². The van der Waals surface area contributed by atoms with E-state index in [0.29, 0.717) is 6.04 Å². The molecule has 2 N–H and O–H groups in total. The lowest BCUT2D eigenvalue weighted by atomic mass is 9.78. The zero-order valence-electron chi connectivity index (χ0n) is 14.3. The quantitative estimate of drug-likeness (QED) is 0.820. The summed E-state index contributed by atoms with van der Waals surface area (Å²) in [5.74, 6) is 6.33. The predicted molar refractivity (Wildman–Crippen MR) is 89.4 cm³/mol. The standard InChI is InChI=1S/C19H28N2O/c1-18(2,3)19(4,22)11-8-14-21-13-6-5-10-17(21)16-9-7-12-20-15-16/h7,9,12,15,17,22H,5-6,10,13-14H2,1-4H3/p+1/t17-,19-/m1/s1. The van der Waals surface area contributed by atoms with Gasteiger partial charge in [-0.1, -0.05) is 32.8 Å². The van der Waals surface area contributed by atoms with Gasteiger partial charge in [-0.15, -0.1) is 0 Å². The zero-order valence-corrected chi connectivity index (χ0v) is 14.3. The van der Waals surface area contributed by atoms with Crippen molar-refractivity contribution in [3.63, 3.8) is 0 Å². The van der Waals surface area contributed by atoms with E-state index in [-0.39, 0.29) is 5.41 Å². The Morgan fingerprint density at radius 2 is 2.09 bits per heavy atom. The fourth-order valence-corrected chi connectivity index (χ4v) is 2.79. The molecule has 2 rings (SSSR count). The van der Waals surface area contributed by atoms with Gasteiger partial charge in [0, 0.05) is 29.8 Å². The molecule has 0 bridgehead atoms. The molecule has 2 heterocycles. The van der Waals surface area contributed by atoms with Crippen molar-refractivity contribution in [3.8, 4) is 11.8 Å². The van der Waals surface area contributed by atoms with E-state index in [9.17, 15) is 5.11 Å². The van der Waals surface area contributed by atoms with E-state index in [0.717, 1.165) is 13.1 Å². The van der Waals surface area contributed by atoms with Crippen molar-refractivity contribution < 1.29 is 10.0 Å². The van der Waals surface area contributed by atoms with Crippen molar-refractivity contribution in [2.75, 3.05) is 13.1 Å². The summed E-state index contributed by atoms with van der Waals surface area (Å²) in [5, 5.41) is 10.5. The van der Waals surface area contributed by atoms with Crippen LogP contribution in [0.25, 0.3) is 0 Å². The highest BCUT2D eigenvalue weighted by Crippen LogP contribution is 2.28. The lowest BCUT2D eigenvalue weighted by molar-refractivity contribution is -0.930. The average Bonchev–Trinajstić information content (AvgIpc) is 2.47. The summed E-state index contributed by atoms with van der Waals surface area (Å²) in [6, 6.07) is 4.66. The molecule has 0 aliphatic carbocycles. The van der Waals surface area contributed by atoms with Crippen LogP contribution in [0.1, 0.15) is 58.6 Å². The lowest BCUT2D eigenvalue weighted by Gasteiger charge is -2.33. The van der Waals surface area contributed by atoms with Crippen molar-refractivity contribution in [1.82, 2.24) is 4.98 Å². The Hall–Kier alpha value is -1.37. The number of piperidine rings is 1. The fourth-order valence-electron chi connectivity index (χ4n) is 2.79. The Bertz CT molecular complexity index is 534. The second-order valence-electron chi connectivity index (χ2n) is 7.54. The fraction of sp³-hybridized carbons (Fsp3) is 0.632. The first-order chi connectivity index (χ1) is 10.3. The van der Waals surface area contributed by atoms with Gasteiger partial charge in [-0.2, -0.15) is 0 Å². The molecule has 0 amide bonds. The first-order valence-electron chi connectivity index (χ1n) is 8.28. The number of hydrogen-bond donors (Lipinski definition) is 2. The van der Waals surface area contributed by atoms with E-state index in [2.05, 4.69) is 22.9 Å². The molecule has 1 aliphatic rings. The number of nitrogens with one attached hydrogen (secondary N) is 1. The molecule has 1 aromatic heterocycles. The molecular formula is C19H29N2O+. The van der Waals surface area contributed by atoms with Crippen LogP contribution in [-0.4, -0.2) is 28.8 Å². The average molecular weight is 301 g/mol. The second-order valence-corrected chi connectivity index (χ2v) is 7.54. The van der Waals surface area contributed by atoms with Gasteiger partial charge in [0.1, 0.15) is 18.2 Å². The Morgan fingerprint density at radius 3 is 2.73 bits per heavy atom. The van der Waals surface area contributed by atoms with E-state index in [1.54, 1.807) is 0 Å². The maximum atomic E-state index is 10.5. The molecule has 120 valence electrons. The maximum Gasteiger partial charge on any atom is 0.139 e. The molecule has 0 spiro atoms. The number of aromatic nitrogens is 1. The molecule has 1 aromatic rings. The largest absolute Gasteiger partial charge is 0.377 e. The minimum atomic E-state index is -0.952. The van der Waals surface area contributed by atoms with Gasteiger partial charge in [0.05, 0.1) is 6.54 Å². The number of rotatable bonds is 2. The second kappa shape index (κ2) is 6.81. The van der Waals surface area contributed by atoms with Crippen LogP contribution < -0.4 is 4.90 Å². The molecule has 3 heteroatoms. The number of quaternary nitrogens is 1. The minimum absolute atomic E-state index is 0.236. The first kappa shape index (κ1) is 17.0. The van der Waals surface area contributed by atoms with Gasteiger partial charge in [-0.25, -0.2) is 0 Å². The molecule has 0 saturated carbocycles. The number of hydrogen-bond acceptors (Lipinski definition) is 2. The number of likely N-dealkylation sites (tertiary alicyclic amines) is 1. The van der Waals surface area contributed by atoms with Crippen molar-refractivity contribution >= 4 is 0 Å². The van der Waals surface area contributed by atoms with E-state index in [4.69, 9.17) is 0 Å². The van der Waals surface area contributed by atoms with Gasteiger partial charge >= 0.3 is 0 Å². The number of nitrogens with zero attached hydrogens (tertiary/aromatic N) is 1. The Kier molecular flexibility index (Phi) is 5.26. The molecule has 0 aromatic carbocycles. The van der Waals surface area contributed by atoms with Gasteiger partial charge < -0.3 is 10.0 Å². The Morgan fingerprint density at radius 1 is 1.32 bits per heavy atom. The lowest BCUT2D eigenvalue weighted by Crippen LogP contribution is -3.13. The molecule has 1 unspecified atom stereocenters. The highest BCUT2D eigenvalue weighted by molar-refractivity contribution is 5.17. The van der Waals surface area contributed by atoms with E-state index in [1.165, 1.54) is 29.7 Å². The smallest absolute Gasteiger partial charge is 0.139 e. The summed E-state index contributed by atoms with van der Waals surface area (Å²) in [5.41, 5.74) is 0.119. The normalized spacial score (nSPS) is 25.0. The van der Waals surface area contributed by atoms with Gasteiger partial charge in [0.15, 0.2) is 0 Å². The molecule has 22 heavy (non-hydrogen) atoms. The Balaban J connectivity index is 2.08. The molecule has 1 fully saturated rings. The molecule has 3 atom stereocenters. The highest BCUT2D eigenvalue weighted by Gasteiger charge is 2.33. The monoisotopic (exact) mass is 301 g/mol. The number of pyridine rings is 1. The van der Waals surface area contributed by atoms with Crippen LogP contribution in [0, 0.1) is 17.3 Å². The van der Waals surface area contributed by atoms with Crippen LogP contribution in [0.5, 0.6) is 0 Å². The highest BCUT2D eigenvalue weighted by atomic mass is 16.3. The first-order valence-corrected chi connectivity index (χ1v) is 8.28. The van der Waals surface area contributed by atoms with Crippen molar-refractivity contribution in [1.29, 1.82) is 0 Å². The summed E-state index contributed by atoms with van der Waals surface area (Å²) in [6.45, 7) is 9.80. The minimum Gasteiger partial charge on any atom is -0.377 e. The third-order valence-electron chi connectivity index (χ3n) is 4.93. The summed E-state index contributed by atoms with van der Waals surface area (Å²) in [4.78, 5) is 5.75. The van der Waals surface area contributed by atoms with Gasteiger partial charge in [0.2, 0.25) is 0 Å².